The van der Waals surface area contributed by atoms with Crippen LogP contribution in [0.1, 0.15) is 29.6 Å². The van der Waals surface area contributed by atoms with E-state index in [0.717, 1.165) is 19.4 Å². The van der Waals surface area contributed by atoms with Gasteiger partial charge in [0.1, 0.15) is 5.75 Å². The number of halogens is 1. The zero-order chi connectivity index (χ0) is 12.3. The highest BCUT2D eigenvalue weighted by Crippen LogP contribution is 2.30. The van der Waals surface area contributed by atoms with Crippen LogP contribution in [0.4, 0.5) is 0 Å². The van der Waals surface area contributed by atoms with Crippen molar-refractivity contribution in [3.05, 3.63) is 29.8 Å². The number of benzene rings is 1. The van der Waals surface area contributed by atoms with E-state index >= 15 is 0 Å². The fourth-order valence-electron chi connectivity index (χ4n) is 2.19. The van der Waals surface area contributed by atoms with Crippen LogP contribution in [0.15, 0.2) is 24.3 Å². The van der Waals surface area contributed by atoms with E-state index in [1.54, 1.807) is 18.2 Å². The maximum Gasteiger partial charge on any atom is 0.251 e. The minimum absolute atomic E-state index is 0.112. The number of amides is 1. The Balaban J connectivity index is 1.85. The summed E-state index contributed by atoms with van der Waals surface area (Å²) in [6.07, 6.45) is 3.48. The lowest BCUT2D eigenvalue weighted by atomic mass is 10.1. The topological polar surface area (TPSA) is 49.3 Å². The first kappa shape index (κ1) is 12.4. The molecule has 2 rings (SSSR count). The molecule has 0 spiro atoms. The Morgan fingerprint density at radius 2 is 2.29 bits per heavy atom. The van der Waals surface area contributed by atoms with Gasteiger partial charge in [0.2, 0.25) is 0 Å². The predicted octanol–water partition coefficient (Wildman–Crippen LogP) is 2.69. The van der Waals surface area contributed by atoms with Gasteiger partial charge in [0.05, 0.1) is 0 Å². The standard InChI is InChI=1S/C13H16BrNO2/c14-11-5-4-9(6-11)8-15-13(17)10-2-1-3-12(16)7-10/h1-3,7,9,11,16H,4-6,8H2,(H,15,17). The Labute approximate surface area is 109 Å². The fraction of sp³-hybridized carbons (Fsp3) is 0.462. The third-order valence-electron chi connectivity index (χ3n) is 3.14. The number of phenols is 1. The SMILES string of the molecule is O=C(NCC1CCC(Br)C1)c1cccc(O)c1. The van der Waals surface area contributed by atoms with Crippen LogP contribution in [0.5, 0.6) is 5.75 Å². The molecule has 1 aliphatic carbocycles. The highest BCUT2D eigenvalue weighted by Gasteiger charge is 2.22. The molecule has 1 amide bonds. The van der Waals surface area contributed by atoms with Crippen molar-refractivity contribution in [1.82, 2.24) is 5.32 Å². The Morgan fingerprint density at radius 3 is 2.94 bits per heavy atom. The molecule has 1 fully saturated rings. The summed E-state index contributed by atoms with van der Waals surface area (Å²) in [5.41, 5.74) is 0.512. The second-order valence-corrected chi connectivity index (χ2v) is 5.83. The molecular weight excluding hydrogens is 282 g/mol. The van der Waals surface area contributed by atoms with Crippen LogP contribution >= 0.6 is 15.9 Å². The monoisotopic (exact) mass is 297 g/mol. The zero-order valence-corrected chi connectivity index (χ0v) is 11.1. The lowest BCUT2D eigenvalue weighted by molar-refractivity contribution is 0.0947. The number of carbonyl (C=O) groups is 1. The number of hydrogen-bond donors (Lipinski definition) is 2. The first-order chi connectivity index (χ1) is 8.15. The van der Waals surface area contributed by atoms with Crippen LogP contribution in [0.2, 0.25) is 0 Å². The van der Waals surface area contributed by atoms with Crippen LogP contribution in [-0.4, -0.2) is 22.4 Å². The third kappa shape index (κ3) is 3.46. The van der Waals surface area contributed by atoms with Gasteiger partial charge in [-0.15, -0.1) is 0 Å². The molecule has 4 heteroatoms. The number of nitrogens with one attached hydrogen (secondary N) is 1. The molecule has 0 aromatic heterocycles. The highest BCUT2D eigenvalue weighted by atomic mass is 79.9. The first-order valence-electron chi connectivity index (χ1n) is 5.86. The van der Waals surface area contributed by atoms with Gasteiger partial charge in [-0.25, -0.2) is 0 Å². The van der Waals surface area contributed by atoms with Gasteiger partial charge in [-0.05, 0) is 43.4 Å². The second-order valence-electron chi connectivity index (χ2n) is 4.54. The van der Waals surface area contributed by atoms with Crippen molar-refractivity contribution < 1.29 is 9.90 Å². The molecule has 92 valence electrons. The van der Waals surface area contributed by atoms with E-state index < -0.39 is 0 Å². The number of aromatic hydroxyl groups is 1. The lowest BCUT2D eigenvalue weighted by Crippen LogP contribution is -2.28. The zero-order valence-electron chi connectivity index (χ0n) is 9.53. The molecule has 3 nitrogen and oxygen atoms in total. The minimum atomic E-state index is -0.112. The number of hydrogen-bond acceptors (Lipinski definition) is 2. The summed E-state index contributed by atoms with van der Waals surface area (Å²) in [6.45, 7) is 0.719. The molecular formula is C13H16BrNO2. The van der Waals surface area contributed by atoms with Crippen molar-refractivity contribution in [2.75, 3.05) is 6.54 Å². The van der Waals surface area contributed by atoms with Crippen LogP contribution < -0.4 is 5.32 Å². The number of alkyl halides is 1. The number of phenolic OH excluding ortho intramolecular Hbond substituents is 1. The van der Waals surface area contributed by atoms with E-state index in [1.807, 2.05) is 0 Å². The van der Waals surface area contributed by atoms with E-state index in [-0.39, 0.29) is 11.7 Å². The van der Waals surface area contributed by atoms with Crippen molar-refractivity contribution in [3.8, 4) is 5.75 Å². The molecule has 0 aliphatic heterocycles. The molecule has 1 saturated carbocycles. The summed E-state index contributed by atoms with van der Waals surface area (Å²) in [5.74, 6) is 0.582. The molecule has 1 aromatic carbocycles. The van der Waals surface area contributed by atoms with E-state index in [2.05, 4.69) is 21.2 Å². The first-order valence-corrected chi connectivity index (χ1v) is 6.78. The Morgan fingerprint density at radius 1 is 1.47 bits per heavy atom. The Hall–Kier alpha value is -1.03. The molecule has 2 N–H and O–H groups in total. The molecule has 1 aromatic rings. The molecule has 0 bridgehead atoms. The van der Waals surface area contributed by atoms with Crippen molar-refractivity contribution in [1.29, 1.82) is 0 Å². The molecule has 0 heterocycles. The average molecular weight is 298 g/mol. The maximum absolute atomic E-state index is 11.8. The maximum atomic E-state index is 11.8. The average Bonchev–Trinajstić information content (AvgIpc) is 2.72. The molecule has 1 aliphatic rings. The quantitative estimate of drug-likeness (QED) is 0.843. The highest BCUT2D eigenvalue weighted by molar-refractivity contribution is 9.09. The molecule has 17 heavy (non-hydrogen) atoms. The van der Waals surface area contributed by atoms with Crippen molar-refractivity contribution >= 4 is 21.8 Å². The lowest BCUT2D eigenvalue weighted by Gasteiger charge is -2.10. The Bertz CT molecular complexity index is 408. The van der Waals surface area contributed by atoms with Crippen LogP contribution in [0.3, 0.4) is 0 Å². The number of carbonyl (C=O) groups excluding carboxylic acids is 1. The third-order valence-corrected chi connectivity index (χ3v) is 3.97. The van der Waals surface area contributed by atoms with Gasteiger partial charge in [0.25, 0.3) is 5.91 Å². The van der Waals surface area contributed by atoms with E-state index in [4.69, 9.17) is 0 Å². The summed E-state index contributed by atoms with van der Waals surface area (Å²) in [5, 5.41) is 12.2. The smallest absolute Gasteiger partial charge is 0.251 e. The van der Waals surface area contributed by atoms with Gasteiger partial charge in [0.15, 0.2) is 0 Å². The van der Waals surface area contributed by atoms with Crippen molar-refractivity contribution in [3.63, 3.8) is 0 Å². The van der Waals surface area contributed by atoms with E-state index in [1.165, 1.54) is 12.5 Å². The molecule has 2 atom stereocenters. The van der Waals surface area contributed by atoms with E-state index in [0.29, 0.717) is 16.3 Å². The number of rotatable bonds is 3. The molecule has 2 unspecified atom stereocenters. The van der Waals surface area contributed by atoms with Crippen LogP contribution in [0, 0.1) is 5.92 Å². The summed E-state index contributed by atoms with van der Waals surface area (Å²) in [7, 11) is 0. The normalized spacial score (nSPS) is 23.6. The Kier molecular flexibility index (Phi) is 4.05. The predicted molar refractivity (Wildman–Crippen MR) is 70.5 cm³/mol. The molecule has 0 radical (unpaired) electrons. The summed E-state index contributed by atoms with van der Waals surface area (Å²) in [4.78, 5) is 12.4. The summed E-state index contributed by atoms with van der Waals surface area (Å²) < 4.78 is 0. The van der Waals surface area contributed by atoms with Crippen LogP contribution in [-0.2, 0) is 0 Å². The van der Waals surface area contributed by atoms with Gasteiger partial charge in [-0.2, -0.15) is 0 Å². The van der Waals surface area contributed by atoms with Crippen molar-refractivity contribution in [2.45, 2.75) is 24.1 Å². The fourth-order valence-corrected chi connectivity index (χ4v) is 2.98. The molecule has 0 saturated heterocycles. The minimum Gasteiger partial charge on any atom is -0.508 e. The second kappa shape index (κ2) is 5.54. The summed E-state index contributed by atoms with van der Waals surface area (Å²) >= 11 is 3.59. The van der Waals surface area contributed by atoms with Gasteiger partial charge >= 0.3 is 0 Å². The van der Waals surface area contributed by atoms with Gasteiger partial charge in [0, 0.05) is 16.9 Å². The largest absolute Gasteiger partial charge is 0.508 e. The van der Waals surface area contributed by atoms with Gasteiger partial charge < -0.3 is 10.4 Å². The van der Waals surface area contributed by atoms with Crippen molar-refractivity contribution in [2.24, 2.45) is 5.92 Å². The van der Waals surface area contributed by atoms with Crippen LogP contribution in [0.25, 0.3) is 0 Å². The summed E-state index contributed by atoms with van der Waals surface area (Å²) in [6, 6.07) is 6.42. The van der Waals surface area contributed by atoms with E-state index in [9.17, 15) is 9.90 Å². The van der Waals surface area contributed by atoms with Gasteiger partial charge in [-0.1, -0.05) is 22.0 Å². The van der Waals surface area contributed by atoms with Gasteiger partial charge in [-0.3, -0.25) is 4.79 Å².